The Morgan fingerprint density at radius 3 is 2.36 bits per heavy atom. The molecule has 2 N–H and O–H groups in total. The molecule has 0 bridgehead atoms. The van der Waals surface area contributed by atoms with E-state index in [4.69, 9.17) is 14.7 Å². The summed E-state index contributed by atoms with van der Waals surface area (Å²) in [5.74, 6) is 0.737. The first-order valence-electron chi connectivity index (χ1n) is 14.4. The normalized spacial score (nSPS) is 13.1. The minimum atomic E-state index is -0.545. The molecule has 2 aromatic heterocycles. The number of aryl methyl sites for hydroxylation is 1. The maximum atomic E-state index is 14.3. The number of nitrogens with one attached hydrogen (secondary N) is 2. The van der Waals surface area contributed by atoms with Crippen LogP contribution in [0.4, 0.5) is 26.4 Å². The van der Waals surface area contributed by atoms with Crippen LogP contribution in [-0.4, -0.2) is 53.1 Å². The second-order valence-corrected chi connectivity index (χ2v) is 10.7. The Hall–Kier alpha value is -5.22. The Balaban J connectivity index is 1.26. The zero-order valence-corrected chi connectivity index (χ0v) is 24.4. The predicted molar refractivity (Wildman–Crippen MR) is 169 cm³/mol. The monoisotopic (exact) mass is 590 g/mol. The van der Waals surface area contributed by atoms with Gasteiger partial charge < -0.3 is 20.3 Å². The van der Waals surface area contributed by atoms with Crippen LogP contribution in [0.5, 0.6) is 0 Å². The van der Waals surface area contributed by atoms with Gasteiger partial charge in [0.15, 0.2) is 5.82 Å². The van der Waals surface area contributed by atoms with Crippen LogP contribution in [0.2, 0.25) is 0 Å². The van der Waals surface area contributed by atoms with E-state index >= 15 is 0 Å². The van der Waals surface area contributed by atoms with Crippen LogP contribution in [0, 0.1) is 12.7 Å². The molecule has 6 rings (SSSR count). The molecule has 0 spiro atoms. The molecule has 2 amide bonds. The number of anilines is 3. The van der Waals surface area contributed by atoms with Crippen LogP contribution in [0.25, 0.3) is 33.4 Å². The van der Waals surface area contributed by atoms with E-state index in [0.717, 1.165) is 52.2 Å². The van der Waals surface area contributed by atoms with Crippen LogP contribution in [0.15, 0.2) is 79.0 Å². The standard InChI is InChI=1S/C34H31FN6O3/c1-21(42)18-25-7-11-27(20-30(25)35)38-34(43)37-26-9-5-23(6-10-26)32-39-31-19-24(28-4-3-13-36-22(28)2)8-12-29(31)33(40-32)41-14-16-44-17-15-41/h3-13,19-20H,14-18H2,1-2H3,(H2,37,38,43). The molecule has 3 aromatic carbocycles. The maximum Gasteiger partial charge on any atom is 0.323 e. The third-order valence-corrected chi connectivity index (χ3v) is 7.46. The molecule has 1 aliphatic rings. The van der Waals surface area contributed by atoms with Crippen LogP contribution in [0.1, 0.15) is 18.2 Å². The minimum absolute atomic E-state index is 0.00482. The molecule has 222 valence electrons. The predicted octanol–water partition coefficient (Wildman–Crippen LogP) is 6.42. The topological polar surface area (TPSA) is 109 Å². The molecule has 0 atom stereocenters. The number of hydrogen-bond acceptors (Lipinski definition) is 7. The Morgan fingerprint density at radius 2 is 1.64 bits per heavy atom. The van der Waals surface area contributed by atoms with Gasteiger partial charge in [-0.25, -0.2) is 19.2 Å². The number of hydrogen-bond donors (Lipinski definition) is 2. The highest BCUT2D eigenvalue weighted by molar-refractivity contribution is 6.00. The molecule has 5 aromatic rings. The molecule has 10 heteroatoms. The van der Waals surface area contributed by atoms with Gasteiger partial charge in [-0.15, -0.1) is 0 Å². The zero-order valence-electron chi connectivity index (χ0n) is 24.4. The van der Waals surface area contributed by atoms with Crippen molar-refractivity contribution >= 4 is 39.9 Å². The van der Waals surface area contributed by atoms with Crippen molar-refractivity contribution in [1.82, 2.24) is 15.0 Å². The number of nitrogens with zero attached hydrogens (tertiary/aromatic N) is 4. The fourth-order valence-electron chi connectivity index (χ4n) is 5.25. The minimum Gasteiger partial charge on any atom is -0.378 e. The van der Waals surface area contributed by atoms with Gasteiger partial charge in [-0.3, -0.25) is 9.78 Å². The van der Waals surface area contributed by atoms with Crippen molar-refractivity contribution in [2.75, 3.05) is 41.8 Å². The number of urea groups is 1. The van der Waals surface area contributed by atoms with E-state index in [-0.39, 0.29) is 23.5 Å². The van der Waals surface area contributed by atoms with Gasteiger partial charge in [-0.1, -0.05) is 18.2 Å². The maximum absolute atomic E-state index is 14.3. The fraction of sp³-hybridized carbons (Fsp3) is 0.206. The number of ketones is 1. The summed E-state index contributed by atoms with van der Waals surface area (Å²) in [4.78, 5) is 40.5. The molecule has 1 fully saturated rings. The zero-order chi connectivity index (χ0) is 30.6. The average Bonchev–Trinajstić information content (AvgIpc) is 3.02. The van der Waals surface area contributed by atoms with Gasteiger partial charge in [0.25, 0.3) is 0 Å². The number of carbonyl (C=O) groups is 2. The molecular formula is C34H31FN6O3. The van der Waals surface area contributed by atoms with Gasteiger partial charge in [0.2, 0.25) is 0 Å². The Labute approximate surface area is 254 Å². The number of carbonyl (C=O) groups excluding carboxylic acids is 2. The number of halogens is 1. The lowest BCUT2D eigenvalue weighted by molar-refractivity contribution is -0.116. The van der Waals surface area contributed by atoms with Crippen molar-refractivity contribution in [3.05, 3.63) is 96.1 Å². The number of ether oxygens (including phenoxy) is 1. The molecule has 1 aliphatic heterocycles. The first-order chi connectivity index (χ1) is 21.3. The number of pyridine rings is 1. The van der Waals surface area contributed by atoms with E-state index in [1.165, 1.54) is 19.1 Å². The number of rotatable bonds is 7. The van der Waals surface area contributed by atoms with Gasteiger partial charge in [0, 0.05) is 59.3 Å². The Kier molecular flexibility index (Phi) is 8.25. The highest BCUT2D eigenvalue weighted by atomic mass is 19.1. The van der Waals surface area contributed by atoms with Crippen LogP contribution in [-0.2, 0) is 16.0 Å². The third-order valence-electron chi connectivity index (χ3n) is 7.46. The number of morpholine rings is 1. The van der Waals surface area contributed by atoms with Crippen LogP contribution < -0.4 is 15.5 Å². The molecule has 0 unspecified atom stereocenters. The lowest BCUT2D eigenvalue weighted by atomic mass is 10.0. The first-order valence-corrected chi connectivity index (χ1v) is 14.4. The van der Waals surface area contributed by atoms with Crippen molar-refractivity contribution in [1.29, 1.82) is 0 Å². The van der Waals surface area contributed by atoms with Crippen molar-refractivity contribution in [3.8, 4) is 22.5 Å². The van der Waals surface area contributed by atoms with Gasteiger partial charge in [0.05, 0.1) is 18.7 Å². The third kappa shape index (κ3) is 6.40. The Bertz CT molecular complexity index is 1850. The van der Waals surface area contributed by atoms with E-state index < -0.39 is 11.8 Å². The van der Waals surface area contributed by atoms with E-state index in [0.29, 0.717) is 24.7 Å². The summed E-state index contributed by atoms with van der Waals surface area (Å²) in [5.41, 5.74) is 5.74. The molecule has 3 heterocycles. The first kappa shape index (κ1) is 28.9. The number of fused-ring (bicyclic) bond motifs is 1. The van der Waals surface area contributed by atoms with E-state index in [1.807, 2.05) is 25.1 Å². The number of amides is 2. The van der Waals surface area contributed by atoms with E-state index in [9.17, 15) is 14.0 Å². The Morgan fingerprint density at radius 1 is 0.909 bits per heavy atom. The highest BCUT2D eigenvalue weighted by Crippen LogP contribution is 2.32. The smallest absolute Gasteiger partial charge is 0.323 e. The summed E-state index contributed by atoms with van der Waals surface area (Å²) in [7, 11) is 0. The quantitative estimate of drug-likeness (QED) is 0.225. The molecule has 0 aliphatic carbocycles. The second kappa shape index (κ2) is 12.6. The van der Waals surface area contributed by atoms with Crippen LogP contribution >= 0.6 is 0 Å². The molecule has 44 heavy (non-hydrogen) atoms. The lowest BCUT2D eigenvalue weighted by Crippen LogP contribution is -2.37. The summed E-state index contributed by atoms with van der Waals surface area (Å²) in [6.07, 6.45) is 1.79. The van der Waals surface area contributed by atoms with Gasteiger partial charge in [-0.05, 0) is 79.6 Å². The summed E-state index contributed by atoms with van der Waals surface area (Å²) >= 11 is 0. The molecule has 0 radical (unpaired) electrons. The summed E-state index contributed by atoms with van der Waals surface area (Å²) in [6.45, 7) is 6.12. The van der Waals surface area contributed by atoms with Gasteiger partial charge in [-0.2, -0.15) is 0 Å². The van der Waals surface area contributed by atoms with E-state index in [2.05, 4.69) is 44.8 Å². The summed E-state index contributed by atoms with van der Waals surface area (Å²) in [6, 6.07) is 21.2. The second-order valence-electron chi connectivity index (χ2n) is 10.7. The average molecular weight is 591 g/mol. The SMILES string of the molecule is CC(=O)Cc1ccc(NC(=O)Nc2ccc(-c3nc(N4CCOCC4)c4ccc(-c5cccnc5C)cc4n3)cc2)cc1F. The molecular weight excluding hydrogens is 559 g/mol. The van der Waals surface area contributed by atoms with E-state index in [1.54, 1.807) is 24.4 Å². The van der Waals surface area contributed by atoms with Crippen LogP contribution in [0.3, 0.4) is 0 Å². The molecule has 9 nitrogen and oxygen atoms in total. The van der Waals surface area contributed by atoms with Gasteiger partial charge >= 0.3 is 6.03 Å². The number of aromatic nitrogens is 3. The highest BCUT2D eigenvalue weighted by Gasteiger charge is 2.19. The lowest BCUT2D eigenvalue weighted by Gasteiger charge is -2.29. The number of benzene rings is 3. The molecule has 0 saturated carbocycles. The van der Waals surface area contributed by atoms with Crippen molar-refractivity contribution in [2.45, 2.75) is 20.3 Å². The van der Waals surface area contributed by atoms with Crippen molar-refractivity contribution in [3.63, 3.8) is 0 Å². The summed E-state index contributed by atoms with van der Waals surface area (Å²) < 4.78 is 19.9. The number of Topliss-reactive ketones (excluding diaryl/α,β-unsaturated/α-hetero) is 1. The fourth-order valence-corrected chi connectivity index (χ4v) is 5.25. The van der Waals surface area contributed by atoms with Gasteiger partial charge in [0.1, 0.15) is 17.4 Å². The van der Waals surface area contributed by atoms with Crippen molar-refractivity contribution in [2.24, 2.45) is 0 Å². The van der Waals surface area contributed by atoms with Crippen molar-refractivity contribution < 1.29 is 18.7 Å². The molecule has 1 saturated heterocycles. The summed E-state index contributed by atoms with van der Waals surface area (Å²) in [5, 5.41) is 6.35. The largest absolute Gasteiger partial charge is 0.378 e.